The van der Waals surface area contributed by atoms with Crippen molar-refractivity contribution in [1.29, 1.82) is 0 Å². The van der Waals surface area contributed by atoms with Crippen molar-refractivity contribution >= 4 is 0 Å². The van der Waals surface area contributed by atoms with E-state index in [0.29, 0.717) is 0 Å². The normalized spacial score (nSPS) is 12.6. The highest BCUT2D eigenvalue weighted by atomic mass is 15.2. The van der Waals surface area contributed by atoms with E-state index in [1.165, 1.54) is 0 Å². The second kappa shape index (κ2) is 6.28. The molecule has 2 aromatic rings. The van der Waals surface area contributed by atoms with Crippen molar-refractivity contribution in [3.63, 3.8) is 0 Å². The van der Waals surface area contributed by atoms with E-state index in [1.807, 2.05) is 30.6 Å². The highest BCUT2D eigenvalue weighted by Crippen LogP contribution is 2.06. The highest BCUT2D eigenvalue weighted by molar-refractivity contribution is 5.06. The van der Waals surface area contributed by atoms with Crippen molar-refractivity contribution in [3.05, 3.63) is 48.3 Å². The maximum absolute atomic E-state index is 5.61. The van der Waals surface area contributed by atoms with E-state index < -0.39 is 0 Å². The molecule has 0 aliphatic rings. The van der Waals surface area contributed by atoms with Gasteiger partial charge in [-0.1, -0.05) is 6.07 Å². The zero-order valence-electron chi connectivity index (χ0n) is 10.6. The van der Waals surface area contributed by atoms with Crippen LogP contribution in [0.2, 0.25) is 0 Å². The fourth-order valence-electron chi connectivity index (χ4n) is 2.00. The van der Waals surface area contributed by atoms with Crippen molar-refractivity contribution in [2.45, 2.75) is 32.4 Å². The first-order chi connectivity index (χ1) is 8.83. The molecular formula is C13H19N5. The summed E-state index contributed by atoms with van der Waals surface area (Å²) >= 11 is 0. The lowest BCUT2D eigenvalue weighted by Gasteiger charge is -2.15. The first-order valence-electron chi connectivity index (χ1n) is 6.19. The van der Waals surface area contributed by atoms with Crippen LogP contribution in [0.4, 0.5) is 0 Å². The van der Waals surface area contributed by atoms with E-state index >= 15 is 0 Å². The van der Waals surface area contributed by atoms with Crippen LogP contribution in [0.25, 0.3) is 0 Å². The third-order valence-electron chi connectivity index (χ3n) is 2.99. The summed E-state index contributed by atoms with van der Waals surface area (Å²) in [5, 5.41) is 0. The number of nitrogens with zero attached hydrogens (tertiary/aromatic N) is 3. The quantitative estimate of drug-likeness (QED) is 0.586. The molecule has 0 radical (unpaired) electrons. The topological polar surface area (TPSA) is 68.8 Å². The highest BCUT2D eigenvalue weighted by Gasteiger charge is 2.12. The number of hydrogen-bond acceptors (Lipinski definition) is 4. The number of imidazole rings is 1. The van der Waals surface area contributed by atoms with Crippen LogP contribution in [-0.2, 0) is 19.4 Å². The van der Waals surface area contributed by atoms with Crippen molar-refractivity contribution in [2.24, 2.45) is 5.84 Å². The van der Waals surface area contributed by atoms with Gasteiger partial charge in [0.25, 0.3) is 0 Å². The Labute approximate surface area is 107 Å². The Morgan fingerprint density at radius 1 is 1.28 bits per heavy atom. The molecule has 0 aliphatic carbocycles. The molecule has 0 saturated carbocycles. The zero-order valence-corrected chi connectivity index (χ0v) is 10.6. The van der Waals surface area contributed by atoms with E-state index in [-0.39, 0.29) is 6.04 Å². The van der Waals surface area contributed by atoms with E-state index in [4.69, 9.17) is 5.84 Å². The van der Waals surface area contributed by atoms with Crippen LogP contribution in [0.1, 0.15) is 18.4 Å². The molecule has 2 aromatic heterocycles. The Hall–Kier alpha value is -1.72. The molecule has 0 saturated heterocycles. The number of aryl methyl sites for hydroxylation is 1. The fourth-order valence-corrected chi connectivity index (χ4v) is 2.00. The standard InChI is InChI=1S/C13H19N5/c1-2-18-8-7-16-13(18)10-12(17-14)9-11-5-3-4-6-15-11/h3-8,12,17H,2,9-10,14H2,1H3. The molecular weight excluding hydrogens is 226 g/mol. The van der Waals surface area contributed by atoms with Crippen LogP contribution < -0.4 is 11.3 Å². The molecule has 96 valence electrons. The molecule has 0 aliphatic heterocycles. The Morgan fingerprint density at radius 3 is 2.83 bits per heavy atom. The van der Waals surface area contributed by atoms with Gasteiger partial charge in [0, 0.05) is 49.7 Å². The Morgan fingerprint density at radius 2 is 2.17 bits per heavy atom. The maximum atomic E-state index is 5.61. The second-order valence-corrected chi connectivity index (χ2v) is 4.22. The van der Waals surface area contributed by atoms with Crippen LogP contribution in [-0.4, -0.2) is 20.6 Å². The number of nitrogens with one attached hydrogen (secondary N) is 1. The van der Waals surface area contributed by atoms with Crippen molar-refractivity contribution in [2.75, 3.05) is 0 Å². The summed E-state index contributed by atoms with van der Waals surface area (Å²) in [7, 11) is 0. The first kappa shape index (κ1) is 12.7. The molecule has 1 unspecified atom stereocenters. The predicted octanol–water partition coefficient (Wildman–Crippen LogP) is 0.915. The van der Waals surface area contributed by atoms with Crippen LogP contribution >= 0.6 is 0 Å². The molecule has 1 atom stereocenters. The lowest BCUT2D eigenvalue weighted by atomic mass is 10.1. The largest absolute Gasteiger partial charge is 0.335 e. The van der Waals surface area contributed by atoms with Crippen molar-refractivity contribution < 1.29 is 0 Å². The lowest BCUT2D eigenvalue weighted by molar-refractivity contribution is 0.495. The Balaban J connectivity index is 2.02. The number of hydrogen-bond donors (Lipinski definition) is 2. The van der Waals surface area contributed by atoms with Gasteiger partial charge in [0.2, 0.25) is 0 Å². The molecule has 5 heteroatoms. The average Bonchev–Trinajstić information content (AvgIpc) is 2.86. The number of rotatable bonds is 6. The van der Waals surface area contributed by atoms with Crippen LogP contribution in [0.3, 0.4) is 0 Å². The van der Waals surface area contributed by atoms with Crippen molar-refractivity contribution in [1.82, 2.24) is 20.0 Å². The van der Waals surface area contributed by atoms with Gasteiger partial charge < -0.3 is 4.57 Å². The van der Waals surface area contributed by atoms with E-state index in [2.05, 4.69) is 26.9 Å². The SMILES string of the molecule is CCn1ccnc1CC(Cc1ccccn1)NN. The number of nitrogens with two attached hydrogens (primary N) is 1. The number of aromatic nitrogens is 3. The summed E-state index contributed by atoms with van der Waals surface area (Å²) in [5.41, 5.74) is 3.88. The van der Waals surface area contributed by atoms with Gasteiger partial charge in [-0.2, -0.15) is 0 Å². The summed E-state index contributed by atoms with van der Waals surface area (Å²) in [6.07, 6.45) is 7.22. The summed E-state index contributed by atoms with van der Waals surface area (Å²) in [4.78, 5) is 8.68. The molecule has 0 amide bonds. The molecule has 0 aromatic carbocycles. The van der Waals surface area contributed by atoms with E-state index in [0.717, 1.165) is 30.9 Å². The molecule has 0 bridgehead atoms. The molecule has 5 nitrogen and oxygen atoms in total. The van der Waals surface area contributed by atoms with E-state index in [9.17, 15) is 0 Å². The first-order valence-corrected chi connectivity index (χ1v) is 6.19. The average molecular weight is 245 g/mol. The minimum absolute atomic E-state index is 0.146. The summed E-state index contributed by atoms with van der Waals surface area (Å²) in [6, 6.07) is 6.06. The zero-order chi connectivity index (χ0) is 12.8. The van der Waals surface area contributed by atoms with Crippen LogP contribution in [0.5, 0.6) is 0 Å². The van der Waals surface area contributed by atoms with Gasteiger partial charge in [-0.3, -0.25) is 16.3 Å². The van der Waals surface area contributed by atoms with E-state index in [1.54, 1.807) is 6.20 Å². The van der Waals surface area contributed by atoms with Gasteiger partial charge >= 0.3 is 0 Å². The monoisotopic (exact) mass is 245 g/mol. The molecule has 18 heavy (non-hydrogen) atoms. The smallest absolute Gasteiger partial charge is 0.110 e. The third kappa shape index (κ3) is 3.15. The third-order valence-corrected chi connectivity index (χ3v) is 2.99. The minimum atomic E-state index is 0.146. The summed E-state index contributed by atoms with van der Waals surface area (Å²) < 4.78 is 2.13. The van der Waals surface area contributed by atoms with Gasteiger partial charge in [-0.05, 0) is 19.1 Å². The van der Waals surface area contributed by atoms with Gasteiger partial charge in [0.15, 0.2) is 0 Å². The summed E-state index contributed by atoms with van der Waals surface area (Å²) in [6.45, 7) is 3.03. The van der Waals surface area contributed by atoms with Crippen LogP contribution in [0, 0.1) is 0 Å². The lowest BCUT2D eigenvalue weighted by Crippen LogP contribution is -2.39. The number of hydrazine groups is 1. The Kier molecular flexibility index (Phi) is 4.44. The fraction of sp³-hybridized carbons (Fsp3) is 0.385. The molecule has 0 fully saturated rings. The van der Waals surface area contributed by atoms with Gasteiger partial charge in [0.1, 0.15) is 5.82 Å². The van der Waals surface area contributed by atoms with Gasteiger partial charge in [-0.15, -0.1) is 0 Å². The Bertz CT molecular complexity index is 465. The van der Waals surface area contributed by atoms with Gasteiger partial charge in [-0.25, -0.2) is 4.98 Å². The molecule has 0 spiro atoms. The second-order valence-electron chi connectivity index (χ2n) is 4.22. The van der Waals surface area contributed by atoms with Crippen LogP contribution in [0.15, 0.2) is 36.8 Å². The number of pyridine rings is 1. The van der Waals surface area contributed by atoms with Gasteiger partial charge in [0.05, 0.1) is 0 Å². The molecule has 2 heterocycles. The maximum Gasteiger partial charge on any atom is 0.110 e. The minimum Gasteiger partial charge on any atom is -0.335 e. The van der Waals surface area contributed by atoms with Crippen molar-refractivity contribution in [3.8, 4) is 0 Å². The summed E-state index contributed by atoms with van der Waals surface area (Å²) in [5.74, 6) is 6.67. The molecule has 2 rings (SSSR count). The predicted molar refractivity (Wildman–Crippen MR) is 70.7 cm³/mol. The molecule has 3 N–H and O–H groups in total.